The molecule has 6 nitrogen and oxygen atoms in total. The van der Waals surface area contributed by atoms with Crippen LogP contribution in [0.15, 0.2) is 178 Å². The Morgan fingerprint density at radius 3 is 2.30 bits per heavy atom. The van der Waals surface area contributed by atoms with Gasteiger partial charge in [-0.05, 0) is 126 Å². The van der Waals surface area contributed by atoms with Gasteiger partial charge in [0.05, 0.1) is 34.2 Å². The van der Waals surface area contributed by atoms with E-state index in [1.165, 1.54) is 64.1 Å². The number of benzene rings is 7. The molecule has 1 aliphatic heterocycles. The van der Waals surface area contributed by atoms with Gasteiger partial charge in [-0.1, -0.05) is 135 Å². The fraction of sp³-hybridized carbons (Fsp3) is 0.200. The summed E-state index contributed by atoms with van der Waals surface area (Å²) >= 11 is 0. The van der Waals surface area contributed by atoms with Crippen molar-refractivity contribution >= 4 is 95.4 Å². The molecule has 6 heteroatoms. The van der Waals surface area contributed by atoms with E-state index < -0.39 is 0 Å². The van der Waals surface area contributed by atoms with Crippen LogP contribution < -0.4 is 15.0 Å². The minimum atomic E-state index is -0.212. The van der Waals surface area contributed by atoms with Crippen LogP contribution in [0.25, 0.3) is 72.7 Å². The zero-order valence-corrected chi connectivity index (χ0v) is 40.2. The molecule has 2 unspecified atom stereocenters. The highest BCUT2D eigenvalue weighted by molar-refractivity contribution is 6.19. The quantitative estimate of drug-likeness (QED) is 0.164. The second kappa shape index (κ2) is 16.3. The third-order valence-corrected chi connectivity index (χ3v) is 16.4. The minimum absolute atomic E-state index is 0.189. The highest BCUT2D eigenvalue weighted by Gasteiger charge is 2.35. The molecule has 5 aliphatic rings. The van der Waals surface area contributed by atoms with Crippen LogP contribution in [0.4, 0.5) is 22.7 Å². The monoisotopic (exact) mass is 926 g/mol. The van der Waals surface area contributed by atoms with Crippen molar-refractivity contribution in [2.45, 2.75) is 77.2 Å². The summed E-state index contributed by atoms with van der Waals surface area (Å²) in [5, 5.41) is 21.3. The summed E-state index contributed by atoms with van der Waals surface area (Å²) in [6, 6.07) is 39.6. The molecule has 2 atom stereocenters. The molecule has 3 heterocycles. The number of ether oxygens (including phenoxy) is 1. The highest BCUT2D eigenvalue weighted by atomic mass is 16.5. The molecule has 71 heavy (non-hydrogen) atoms. The summed E-state index contributed by atoms with van der Waals surface area (Å²) < 4.78 is 20.9. The van der Waals surface area contributed by atoms with Gasteiger partial charge in [-0.3, -0.25) is 0 Å². The number of rotatable bonds is 8. The average molecular weight is 927 g/mol. The number of furan rings is 2. The number of aryl methyl sites for hydroxylation is 1. The largest absolute Gasteiger partial charge is 0.505 e. The van der Waals surface area contributed by atoms with Gasteiger partial charge in [0.2, 0.25) is 0 Å². The van der Waals surface area contributed by atoms with Crippen LogP contribution in [0.1, 0.15) is 86.3 Å². The molecule has 0 amide bonds. The predicted octanol–water partition coefficient (Wildman–Crippen LogP) is 16.7. The maximum absolute atomic E-state index is 12.0. The molecule has 2 bridgehead atoms. The number of phenolic OH excluding ortho intramolecular Hbond substituents is 1. The fourth-order valence-electron chi connectivity index (χ4n) is 12.8. The number of anilines is 4. The Balaban J connectivity index is 0.971. The zero-order valence-electron chi connectivity index (χ0n) is 40.2. The number of aromatic hydroxyl groups is 1. The number of para-hydroxylation sites is 4. The Kier molecular flexibility index (Phi) is 9.64. The van der Waals surface area contributed by atoms with Crippen molar-refractivity contribution in [1.82, 2.24) is 0 Å². The van der Waals surface area contributed by atoms with E-state index in [1.54, 1.807) is 6.08 Å². The molecule has 14 rings (SSSR count). The van der Waals surface area contributed by atoms with Crippen molar-refractivity contribution in [3.8, 4) is 5.75 Å². The first-order chi connectivity index (χ1) is 34.9. The van der Waals surface area contributed by atoms with Gasteiger partial charge in [0, 0.05) is 57.1 Å². The van der Waals surface area contributed by atoms with Crippen molar-refractivity contribution < 1.29 is 18.7 Å². The van der Waals surface area contributed by atoms with Gasteiger partial charge < -0.3 is 28.5 Å². The number of hydrogen-bond donors (Lipinski definition) is 1. The van der Waals surface area contributed by atoms with Crippen LogP contribution in [0.2, 0.25) is 0 Å². The van der Waals surface area contributed by atoms with Crippen LogP contribution in [0, 0.1) is 5.92 Å². The van der Waals surface area contributed by atoms with Gasteiger partial charge in [-0.25, -0.2) is 0 Å². The highest BCUT2D eigenvalue weighted by Crippen LogP contribution is 2.51. The third kappa shape index (κ3) is 6.46. The molecule has 0 saturated heterocycles. The van der Waals surface area contributed by atoms with E-state index in [4.69, 9.17) is 13.6 Å². The zero-order chi connectivity index (χ0) is 47.5. The smallest absolute Gasteiger partial charge is 0.159 e. The maximum Gasteiger partial charge on any atom is 0.159 e. The number of phenols is 1. The van der Waals surface area contributed by atoms with E-state index in [-0.39, 0.29) is 17.8 Å². The Labute approximate surface area is 413 Å². The molecule has 2 aromatic heterocycles. The van der Waals surface area contributed by atoms with E-state index in [9.17, 15) is 5.11 Å². The van der Waals surface area contributed by atoms with Gasteiger partial charge >= 0.3 is 0 Å². The van der Waals surface area contributed by atoms with E-state index in [2.05, 4.69) is 164 Å². The summed E-state index contributed by atoms with van der Waals surface area (Å²) in [6.07, 6.45) is 25.3. The first-order valence-corrected chi connectivity index (χ1v) is 25.5. The molecule has 9 aromatic rings. The number of fused-ring (bicyclic) bond motifs is 8. The van der Waals surface area contributed by atoms with Crippen LogP contribution >= 0.6 is 0 Å². The minimum Gasteiger partial charge on any atom is -0.505 e. The standard InChI is InChI=1S/C65H54N2O4/c1-4-40-16-9-24-55(62(40)68)66(54-23-10-17-44-37-59(54)69-39(3)38(44)2)46-33-30-42-31-34-52-53(35-32-43-28-29-45(36-46)60(42)61(43)52)67(56-25-12-21-49-48-18-7-8-27-58(48)70-64(49)56)57-26-13-22-51-50-20-11-19-47(41-14-5-6-15-41)63(50)71-65(51)57/h4,8-13,16-17,19-35,41,44,59,68H,1,5-7,14-15,18,36-37H2,2-3H3. The lowest BCUT2D eigenvalue weighted by molar-refractivity contribution is 0.108. The van der Waals surface area contributed by atoms with Gasteiger partial charge in [-0.15, -0.1) is 0 Å². The van der Waals surface area contributed by atoms with Gasteiger partial charge in [0.15, 0.2) is 11.2 Å². The molecule has 1 saturated carbocycles. The molecule has 348 valence electrons. The van der Waals surface area contributed by atoms with Crippen LogP contribution in [-0.2, 0) is 17.6 Å². The first-order valence-electron chi connectivity index (χ1n) is 25.5. The van der Waals surface area contributed by atoms with Gasteiger partial charge in [0.25, 0.3) is 0 Å². The Morgan fingerprint density at radius 2 is 1.45 bits per heavy atom. The lowest BCUT2D eigenvalue weighted by atomic mass is 9.90. The van der Waals surface area contributed by atoms with E-state index in [0.29, 0.717) is 23.6 Å². The Bertz CT molecular complexity index is 3960. The number of hydrogen-bond acceptors (Lipinski definition) is 6. The maximum atomic E-state index is 12.0. The second-order valence-corrected chi connectivity index (χ2v) is 20.2. The van der Waals surface area contributed by atoms with Crippen LogP contribution in [0.5, 0.6) is 5.75 Å². The Hall–Kier alpha value is -7.96. The molecular formula is C65H54N2O4. The number of allylic oxidation sites excluding steroid dienone is 8. The first kappa shape index (κ1) is 42.0. The van der Waals surface area contributed by atoms with Crippen molar-refractivity contribution in [1.29, 1.82) is 0 Å². The van der Waals surface area contributed by atoms with Crippen molar-refractivity contribution in [2.24, 2.45) is 5.92 Å². The third-order valence-electron chi connectivity index (χ3n) is 16.4. The van der Waals surface area contributed by atoms with Crippen LogP contribution in [-0.4, -0.2) is 11.2 Å². The molecule has 0 radical (unpaired) electrons. The average Bonchev–Trinajstić information content (AvgIpc) is 4.11. The molecule has 4 aliphatic carbocycles. The molecule has 1 N–H and O–H groups in total. The molecular weight excluding hydrogens is 873 g/mol. The van der Waals surface area contributed by atoms with Gasteiger partial charge in [-0.2, -0.15) is 0 Å². The Morgan fingerprint density at radius 1 is 0.690 bits per heavy atom. The summed E-state index contributed by atoms with van der Waals surface area (Å²) in [5.41, 5.74) is 14.2. The predicted molar refractivity (Wildman–Crippen MR) is 292 cm³/mol. The van der Waals surface area contributed by atoms with E-state index in [1.807, 2.05) is 18.2 Å². The SMILES string of the molecule is C=Cc1cccc(N(C2=CC=c3ccc4c(N(c5cccc6c7c(oc56)C=CCC7)c5cccc6c5oc5c(C7CCCC7)cccc56)ccc5ccc(c3c54)C2)C2=CC=CC3CC2OC(C)=C3C)c1O. The molecule has 1 fully saturated rings. The molecule has 0 spiro atoms. The van der Waals surface area contributed by atoms with Crippen molar-refractivity contribution in [3.05, 3.63) is 202 Å². The summed E-state index contributed by atoms with van der Waals surface area (Å²) in [6.45, 7) is 8.30. The summed E-state index contributed by atoms with van der Waals surface area (Å²) in [4.78, 5) is 4.65. The summed E-state index contributed by atoms with van der Waals surface area (Å²) in [7, 11) is 0. The lowest BCUT2D eigenvalue weighted by Gasteiger charge is -2.38. The normalized spacial score (nSPS) is 18.7. The van der Waals surface area contributed by atoms with E-state index in [0.717, 1.165) is 103 Å². The molecule has 7 aromatic carbocycles. The topological polar surface area (TPSA) is 62.2 Å². The summed E-state index contributed by atoms with van der Waals surface area (Å²) in [5.74, 6) is 2.87. The number of nitrogens with zero attached hydrogens (tertiary/aromatic N) is 2. The van der Waals surface area contributed by atoms with Gasteiger partial charge in [0.1, 0.15) is 23.2 Å². The second-order valence-electron chi connectivity index (χ2n) is 20.2. The van der Waals surface area contributed by atoms with Crippen LogP contribution in [0.3, 0.4) is 0 Å². The van der Waals surface area contributed by atoms with Crippen molar-refractivity contribution in [2.75, 3.05) is 9.80 Å². The van der Waals surface area contributed by atoms with Crippen molar-refractivity contribution in [3.63, 3.8) is 0 Å². The fourth-order valence-corrected chi connectivity index (χ4v) is 12.8. The lowest BCUT2D eigenvalue weighted by Crippen LogP contribution is -2.34. The van der Waals surface area contributed by atoms with E-state index >= 15 is 0 Å².